The standard InChI is InChI=1S/C18H16N2O5/c1-18(2)10-15(21)13-9-11(7-8-16(13)25-18)19-17(22)12-5-3-4-6-14(12)20(23)24/h3-9H,10H2,1-2H3,(H,19,22). The third-order valence-corrected chi connectivity index (χ3v) is 3.86. The molecule has 7 heteroatoms. The summed E-state index contributed by atoms with van der Waals surface area (Å²) in [6.07, 6.45) is 0.238. The number of nitro groups is 1. The topological polar surface area (TPSA) is 98.5 Å². The van der Waals surface area contributed by atoms with Gasteiger partial charge in [0.15, 0.2) is 5.78 Å². The Hall–Kier alpha value is -3.22. The van der Waals surface area contributed by atoms with Crippen molar-refractivity contribution >= 4 is 23.1 Å². The van der Waals surface area contributed by atoms with Gasteiger partial charge in [-0.3, -0.25) is 19.7 Å². The zero-order valence-corrected chi connectivity index (χ0v) is 13.7. The maximum atomic E-state index is 12.4. The highest BCUT2D eigenvalue weighted by Gasteiger charge is 2.32. The van der Waals surface area contributed by atoms with Crippen LogP contribution in [0, 0.1) is 10.1 Å². The van der Waals surface area contributed by atoms with E-state index in [1.54, 1.807) is 18.2 Å². The van der Waals surface area contributed by atoms with Crippen LogP contribution in [0.4, 0.5) is 11.4 Å². The largest absolute Gasteiger partial charge is 0.487 e. The summed E-state index contributed by atoms with van der Waals surface area (Å²) in [6, 6.07) is 10.4. The zero-order chi connectivity index (χ0) is 18.2. The number of fused-ring (bicyclic) bond motifs is 1. The minimum absolute atomic E-state index is 0.0473. The third-order valence-electron chi connectivity index (χ3n) is 3.86. The van der Waals surface area contributed by atoms with Gasteiger partial charge in [-0.25, -0.2) is 0 Å². The molecular weight excluding hydrogens is 324 g/mol. The van der Waals surface area contributed by atoms with E-state index in [-0.39, 0.29) is 23.5 Å². The van der Waals surface area contributed by atoms with Crippen molar-refractivity contribution in [3.8, 4) is 5.75 Å². The number of ketones is 1. The second-order valence-corrected chi connectivity index (χ2v) is 6.40. The number of nitro benzene ring substituents is 1. The fourth-order valence-electron chi connectivity index (χ4n) is 2.75. The number of hydrogen-bond acceptors (Lipinski definition) is 5. The summed E-state index contributed by atoms with van der Waals surface area (Å²) < 4.78 is 5.76. The highest BCUT2D eigenvalue weighted by molar-refractivity contribution is 6.08. The highest BCUT2D eigenvalue weighted by Crippen LogP contribution is 2.34. The number of nitrogens with one attached hydrogen (secondary N) is 1. The second-order valence-electron chi connectivity index (χ2n) is 6.40. The number of rotatable bonds is 3. The molecule has 0 bridgehead atoms. The van der Waals surface area contributed by atoms with E-state index in [2.05, 4.69) is 5.32 Å². The van der Waals surface area contributed by atoms with E-state index >= 15 is 0 Å². The molecule has 1 N–H and O–H groups in total. The summed E-state index contributed by atoms with van der Waals surface area (Å²) in [5.41, 5.74) is -0.134. The van der Waals surface area contributed by atoms with Gasteiger partial charge in [-0.15, -0.1) is 0 Å². The van der Waals surface area contributed by atoms with Gasteiger partial charge >= 0.3 is 0 Å². The lowest BCUT2D eigenvalue weighted by molar-refractivity contribution is -0.385. The van der Waals surface area contributed by atoms with Crippen molar-refractivity contribution in [3.05, 3.63) is 63.7 Å². The van der Waals surface area contributed by atoms with Gasteiger partial charge in [0.1, 0.15) is 16.9 Å². The first-order valence-corrected chi connectivity index (χ1v) is 7.68. The molecule has 0 aliphatic carbocycles. The van der Waals surface area contributed by atoms with Crippen LogP contribution in [0.2, 0.25) is 0 Å². The van der Waals surface area contributed by atoms with Crippen LogP contribution in [0.5, 0.6) is 5.75 Å². The molecule has 2 aromatic carbocycles. The maximum absolute atomic E-state index is 12.4. The number of Topliss-reactive ketones (excluding diaryl/α,β-unsaturated/α-hetero) is 1. The van der Waals surface area contributed by atoms with Gasteiger partial charge in [0.2, 0.25) is 0 Å². The van der Waals surface area contributed by atoms with Crippen molar-refractivity contribution in [1.82, 2.24) is 0 Å². The Morgan fingerprint density at radius 3 is 2.68 bits per heavy atom. The Labute approximate surface area is 143 Å². The zero-order valence-electron chi connectivity index (χ0n) is 13.7. The molecule has 25 heavy (non-hydrogen) atoms. The minimum Gasteiger partial charge on any atom is -0.487 e. The molecule has 128 valence electrons. The molecule has 1 aliphatic heterocycles. The summed E-state index contributed by atoms with van der Waals surface area (Å²) in [7, 11) is 0. The van der Waals surface area contributed by atoms with Gasteiger partial charge in [-0.05, 0) is 38.1 Å². The molecule has 1 amide bonds. The van der Waals surface area contributed by atoms with E-state index in [1.807, 2.05) is 13.8 Å². The van der Waals surface area contributed by atoms with Crippen molar-refractivity contribution in [3.63, 3.8) is 0 Å². The number of benzene rings is 2. The van der Waals surface area contributed by atoms with Crippen LogP contribution in [0.25, 0.3) is 0 Å². The van der Waals surface area contributed by atoms with Crippen LogP contribution in [-0.2, 0) is 0 Å². The lowest BCUT2D eigenvalue weighted by Crippen LogP contribution is -2.35. The van der Waals surface area contributed by atoms with Crippen LogP contribution in [0.15, 0.2) is 42.5 Å². The van der Waals surface area contributed by atoms with Crippen molar-refractivity contribution < 1.29 is 19.2 Å². The Morgan fingerprint density at radius 2 is 1.96 bits per heavy atom. The molecule has 0 atom stereocenters. The average molecular weight is 340 g/mol. The van der Waals surface area contributed by atoms with Crippen LogP contribution in [0.1, 0.15) is 41.0 Å². The van der Waals surface area contributed by atoms with Crippen LogP contribution in [0.3, 0.4) is 0 Å². The molecule has 1 heterocycles. The van der Waals surface area contributed by atoms with Gasteiger partial charge in [-0.2, -0.15) is 0 Å². The van der Waals surface area contributed by atoms with Gasteiger partial charge in [0.25, 0.3) is 11.6 Å². The van der Waals surface area contributed by atoms with Crippen molar-refractivity contribution in [1.29, 1.82) is 0 Å². The lowest BCUT2D eigenvalue weighted by Gasteiger charge is -2.31. The van der Waals surface area contributed by atoms with Gasteiger partial charge < -0.3 is 10.1 Å². The predicted octanol–water partition coefficient (Wildman–Crippen LogP) is 3.59. The van der Waals surface area contributed by atoms with E-state index in [0.717, 1.165) is 0 Å². The van der Waals surface area contributed by atoms with Gasteiger partial charge in [0.05, 0.1) is 16.9 Å². The van der Waals surface area contributed by atoms with E-state index in [0.29, 0.717) is 17.0 Å². The summed E-state index contributed by atoms with van der Waals surface area (Å²) in [4.78, 5) is 35.1. The van der Waals surface area contributed by atoms with E-state index in [9.17, 15) is 19.7 Å². The van der Waals surface area contributed by atoms with Crippen molar-refractivity contribution in [2.75, 3.05) is 5.32 Å². The number of anilines is 1. The monoisotopic (exact) mass is 340 g/mol. The summed E-state index contributed by atoms with van der Waals surface area (Å²) >= 11 is 0. The number of nitrogens with zero attached hydrogens (tertiary/aromatic N) is 1. The third kappa shape index (κ3) is 3.35. The fraction of sp³-hybridized carbons (Fsp3) is 0.222. The number of hydrogen-bond donors (Lipinski definition) is 1. The molecule has 7 nitrogen and oxygen atoms in total. The molecule has 1 aliphatic rings. The molecule has 0 saturated carbocycles. The molecule has 0 saturated heterocycles. The SMILES string of the molecule is CC1(C)CC(=O)c2cc(NC(=O)c3ccccc3[N+](=O)[O-])ccc2O1. The first-order valence-electron chi connectivity index (χ1n) is 7.68. The highest BCUT2D eigenvalue weighted by atomic mass is 16.6. The molecule has 2 aromatic rings. The average Bonchev–Trinajstić information content (AvgIpc) is 2.54. The van der Waals surface area contributed by atoms with E-state index in [4.69, 9.17) is 4.74 Å². The lowest BCUT2D eigenvalue weighted by atomic mass is 9.93. The number of carbonyl (C=O) groups excluding carboxylic acids is 2. The molecule has 0 radical (unpaired) electrons. The number of amides is 1. The smallest absolute Gasteiger partial charge is 0.282 e. The van der Waals surface area contributed by atoms with Gasteiger partial charge in [-0.1, -0.05) is 12.1 Å². The van der Waals surface area contributed by atoms with E-state index < -0.39 is 16.4 Å². The van der Waals surface area contributed by atoms with Gasteiger partial charge in [0, 0.05) is 11.8 Å². The maximum Gasteiger partial charge on any atom is 0.282 e. The number of carbonyl (C=O) groups is 2. The normalized spacial score (nSPS) is 15.0. The molecule has 0 fully saturated rings. The summed E-state index contributed by atoms with van der Waals surface area (Å²) in [6.45, 7) is 3.66. The molecule has 0 spiro atoms. The fourth-order valence-corrected chi connectivity index (χ4v) is 2.75. The Kier molecular flexibility index (Phi) is 4.00. The minimum atomic E-state index is -0.614. The molecule has 3 rings (SSSR count). The predicted molar refractivity (Wildman–Crippen MR) is 91.1 cm³/mol. The molecule has 0 aromatic heterocycles. The molecule has 0 unspecified atom stereocenters. The van der Waals surface area contributed by atoms with Crippen LogP contribution < -0.4 is 10.1 Å². The second kappa shape index (κ2) is 6.01. The van der Waals surface area contributed by atoms with Crippen LogP contribution >= 0.6 is 0 Å². The van der Waals surface area contributed by atoms with Crippen LogP contribution in [-0.4, -0.2) is 22.2 Å². The molecular formula is C18H16N2O5. The van der Waals surface area contributed by atoms with Crippen molar-refractivity contribution in [2.45, 2.75) is 25.9 Å². The number of para-hydroxylation sites is 1. The summed E-state index contributed by atoms with van der Waals surface area (Å²) in [5, 5.41) is 13.6. The Balaban J connectivity index is 1.88. The Bertz CT molecular complexity index is 889. The summed E-state index contributed by atoms with van der Waals surface area (Å²) in [5.74, 6) is -0.227. The first-order chi connectivity index (χ1) is 11.8. The van der Waals surface area contributed by atoms with Crippen molar-refractivity contribution in [2.24, 2.45) is 0 Å². The first kappa shape index (κ1) is 16.6. The number of ether oxygens (including phenoxy) is 1. The van der Waals surface area contributed by atoms with E-state index in [1.165, 1.54) is 24.3 Å². The Morgan fingerprint density at radius 1 is 1.24 bits per heavy atom. The quantitative estimate of drug-likeness (QED) is 0.680.